The SMILES string of the molecule is Cc1csc(-c2[nH]nc(N)c2-c2cccc(Cl)c2F)c1Cl. The third kappa shape index (κ3) is 2.31. The lowest BCUT2D eigenvalue weighted by atomic mass is 10.0. The molecule has 0 bridgehead atoms. The summed E-state index contributed by atoms with van der Waals surface area (Å²) in [6.45, 7) is 1.90. The molecule has 0 spiro atoms. The number of hydrogen-bond acceptors (Lipinski definition) is 3. The molecular weight excluding hydrogens is 332 g/mol. The monoisotopic (exact) mass is 341 g/mol. The average Bonchev–Trinajstić information content (AvgIpc) is 2.98. The molecule has 1 aromatic carbocycles. The van der Waals surface area contributed by atoms with Gasteiger partial charge in [-0.2, -0.15) is 5.10 Å². The third-order valence-corrected chi connectivity index (χ3v) is 5.15. The van der Waals surface area contributed by atoms with Crippen molar-refractivity contribution in [1.82, 2.24) is 10.2 Å². The number of nitrogen functional groups attached to an aromatic ring is 1. The third-order valence-electron chi connectivity index (χ3n) is 3.14. The number of thiophene rings is 1. The second-order valence-corrected chi connectivity index (χ2v) is 6.19. The van der Waals surface area contributed by atoms with Crippen LogP contribution in [0.15, 0.2) is 23.6 Å². The molecule has 0 aliphatic carbocycles. The van der Waals surface area contributed by atoms with Crippen molar-refractivity contribution in [3.63, 3.8) is 0 Å². The first-order chi connectivity index (χ1) is 10.0. The first kappa shape index (κ1) is 14.4. The topological polar surface area (TPSA) is 54.7 Å². The number of aryl methyl sites for hydroxylation is 1. The zero-order valence-electron chi connectivity index (χ0n) is 10.9. The fourth-order valence-corrected chi connectivity index (χ4v) is 3.55. The second-order valence-electron chi connectivity index (χ2n) is 4.52. The van der Waals surface area contributed by atoms with E-state index in [1.165, 1.54) is 17.4 Å². The van der Waals surface area contributed by atoms with Crippen LogP contribution in [0.5, 0.6) is 0 Å². The molecular formula is C14H10Cl2FN3S. The zero-order valence-corrected chi connectivity index (χ0v) is 13.2. The van der Waals surface area contributed by atoms with Gasteiger partial charge >= 0.3 is 0 Å². The Bertz CT molecular complexity index is 826. The van der Waals surface area contributed by atoms with Crippen molar-refractivity contribution < 1.29 is 4.39 Å². The van der Waals surface area contributed by atoms with Crippen LogP contribution in [0.4, 0.5) is 10.2 Å². The van der Waals surface area contributed by atoms with Crippen molar-refractivity contribution in [1.29, 1.82) is 0 Å². The van der Waals surface area contributed by atoms with Gasteiger partial charge in [0.2, 0.25) is 0 Å². The van der Waals surface area contributed by atoms with Gasteiger partial charge in [0.1, 0.15) is 5.82 Å². The van der Waals surface area contributed by atoms with Gasteiger partial charge in [-0.25, -0.2) is 4.39 Å². The molecule has 0 aliphatic rings. The van der Waals surface area contributed by atoms with E-state index in [0.717, 1.165) is 10.4 Å². The maximum absolute atomic E-state index is 14.3. The fourth-order valence-electron chi connectivity index (χ4n) is 2.09. The minimum absolute atomic E-state index is 0.0347. The lowest BCUT2D eigenvalue weighted by molar-refractivity contribution is 0.632. The Balaban J connectivity index is 2.27. The Kier molecular flexibility index (Phi) is 3.65. The fraction of sp³-hybridized carbons (Fsp3) is 0.0714. The number of aromatic nitrogens is 2. The summed E-state index contributed by atoms with van der Waals surface area (Å²) in [6.07, 6.45) is 0. The van der Waals surface area contributed by atoms with Crippen molar-refractivity contribution >= 4 is 40.4 Å². The molecule has 2 heterocycles. The van der Waals surface area contributed by atoms with Crippen molar-refractivity contribution in [2.24, 2.45) is 0 Å². The minimum atomic E-state index is -0.530. The summed E-state index contributed by atoms with van der Waals surface area (Å²) in [7, 11) is 0. The number of nitrogens with one attached hydrogen (secondary N) is 1. The molecule has 3 nitrogen and oxygen atoms in total. The molecule has 0 aliphatic heterocycles. The predicted octanol–water partition coefficient (Wildman–Crippen LogP) is 5.14. The van der Waals surface area contributed by atoms with Crippen LogP contribution in [0.25, 0.3) is 21.7 Å². The van der Waals surface area contributed by atoms with E-state index in [-0.39, 0.29) is 10.8 Å². The van der Waals surface area contributed by atoms with Gasteiger partial charge in [-0.3, -0.25) is 5.10 Å². The van der Waals surface area contributed by atoms with Gasteiger partial charge in [0.05, 0.1) is 26.2 Å². The maximum Gasteiger partial charge on any atom is 0.153 e. The van der Waals surface area contributed by atoms with Crippen LogP contribution in [-0.4, -0.2) is 10.2 Å². The highest BCUT2D eigenvalue weighted by Gasteiger charge is 2.22. The number of rotatable bonds is 2. The van der Waals surface area contributed by atoms with Gasteiger partial charge in [0.15, 0.2) is 5.82 Å². The van der Waals surface area contributed by atoms with E-state index in [2.05, 4.69) is 10.2 Å². The van der Waals surface area contributed by atoms with Gasteiger partial charge in [0.25, 0.3) is 0 Å². The quantitative estimate of drug-likeness (QED) is 0.677. The van der Waals surface area contributed by atoms with Crippen molar-refractivity contribution in [3.05, 3.63) is 45.0 Å². The van der Waals surface area contributed by atoms with E-state index in [0.29, 0.717) is 21.8 Å². The summed E-state index contributed by atoms with van der Waals surface area (Å²) in [5, 5.41) is 9.37. The molecule has 0 atom stereocenters. The van der Waals surface area contributed by atoms with Crippen molar-refractivity contribution in [3.8, 4) is 21.7 Å². The minimum Gasteiger partial charge on any atom is -0.382 e. The Morgan fingerprint density at radius 1 is 1.33 bits per heavy atom. The average molecular weight is 342 g/mol. The molecule has 21 heavy (non-hydrogen) atoms. The molecule has 2 aromatic heterocycles. The number of benzene rings is 1. The zero-order chi connectivity index (χ0) is 15.1. The van der Waals surface area contributed by atoms with Gasteiger partial charge in [0, 0.05) is 5.56 Å². The summed E-state index contributed by atoms with van der Waals surface area (Å²) >= 11 is 13.6. The van der Waals surface area contributed by atoms with Crippen LogP contribution in [0.3, 0.4) is 0 Å². The smallest absolute Gasteiger partial charge is 0.153 e. The highest BCUT2D eigenvalue weighted by atomic mass is 35.5. The van der Waals surface area contributed by atoms with Crippen LogP contribution in [-0.2, 0) is 0 Å². The lowest BCUT2D eigenvalue weighted by Gasteiger charge is -2.06. The maximum atomic E-state index is 14.3. The molecule has 108 valence electrons. The van der Waals surface area contributed by atoms with E-state index >= 15 is 0 Å². The van der Waals surface area contributed by atoms with Gasteiger partial charge in [-0.1, -0.05) is 35.3 Å². The molecule has 0 fully saturated rings. The van der Waals surface area contributed by atoms with Gasteiger partial charge in [-0.15, -0.1) is 11.3 Å². The lowest BCUT2D eigenvalue weighted by Crippen LogP contribution is -1.92. The van der Waals surface area contributed by atoms with Gasteiger partial charge in [-0.05, 0) is 23.9 Å². The molecule has 0 amide bonds. The Labute approximate surface area is 134 Å². The molecule has 3 rings (SSSR count). The van der Waals surface area contributed by atoms with E-state index in [1.807, 2.05) is 12.3 Å². The van der Waals surface area contributed by atoms with E-state index < -0.39 is 5.82 Å². The molecule has 0 unspecified atom stereocenters. The van der Waals surface area contributed by atoms with Crippen molar-refractivity contribution in [2.75, 3.05) is 5.73 Å². The molecule has 3 N–H and O–H groups in total. The first-order valence-electron chi connectivity index (χ1n) is 6.03. The number of H-pyrrole nitrogens is 1. The van der Waals surface area contributed by atoms with Crippen LogP contribution >= 0.6 is 34.5 Å². The Morgan fingerprint density at radius 2 is 2.10 bits per heavy atom. The second kappa shape index (κ2) is 5.33. The number of aromatic amines is 1. The number of anilines is 1. The number of hydrogen-bond donors (Lipinski definition) is 2. The largest absolute Gasteiger partial charge is 0.382 e. The van der Waals surface area contributed by atoms with Crippen molar-refractivity contribution in [2.45, 2.75) is 6.92 Å². The highest BCUT2D eigenvalue weighted by molar-refractivity contribution is 7.14. The molecule has 7 heteroatoms. The summed E-state index contributed by atoms with van der Waals surface area (Å²) < 4.78 is 14.3. The molecule has 0 radical (unpaired) electrons. The van der Waals surface area contributed by atoms with E-state index in [1.54, 1.807) is 12.1 Å². The van der Waals surface area contributed by atoms with E-state index in [9.17, 15) is 4.39 Å². The standard InChI is InChI=1S/C14H10Cl2FN3S/c1-6-5-21-13(10(6)16)12-9(14(18)20-19-12)7-3-2-4-8(15)11(7)17/h2-5H,1H3,(H3,18,19,20). The normalized spacial score (nSPS) is 11.0. The van der Waals surface area contributed by atoms with Crippen LogP contribution < -0.4 is 5.73 Å². The first-order valence-corrected chi connectivity index (χ1v) is 7.66. The van der Waals surface area contributed by atoms with Crippen LogP contribution in [0.2, 0.25) is 10.0 Å². The van der Waals surface area contributed by atoms with Crippen LogP contribution in [0.1, 0.15) is 5.56 Å². The molecule has 0 saturated heterocycles. The number of halogens is 3. The number of nitrogens with two attached hydrogens (primary N) is 1. The molecule has 0 saturated carbocycles. The van der Waals surface area contributed by atoms with Crippen LogP contribution in [0, 0.1) is 12.7 Å². The Hall–Kier alpha value is -1.56. The summed E-state index contributed by atoms with van der Waals surface area (Å²) in [5.41, 5.74) is 8.21. The predicted molar refractivity (Wildman–Crippen MR) is 86.5 cm³/mol. The summed E-state index contributed by atoms with van der Waals surface area (Å²) in [6, 6.07) is 4.76. The van der Waals surface area contributed by atoms with Gasteiger partial charge < -0.3 is 5.73 Å². The Morgan fingerprint density at radius 3 is 2.76 bits per heavy atom. The highest BCUT2D eigenvalue weighted by Crippen LogP contribution is 2.43. The molecule has 3 aromatic rings. The summed E-state index contributed by atoms with van der Waals surface area (Å²) in [4.78, 5) is 0.771. The van der Waals surface area contributed by atoms with E-state index in [4.69, 9.17) is 28.9 Å². The number of nitrogens with zero attached hydrogens (tertiary/aromatic N) is 1. The summed E-state index contributed by atoms with van der Waals surface area (Å²) in [5.74, 6) is -0.328.